The van der Waals surface area contributed by atoms with Crippen LogP contribution in [-0.2, 0) is 4.79 Å². The van der Waals surface area contributed by atoms with Gasteiger partial charge in [0.15, 0.2) is 0 Å². The molecule has 0 aromatic carbocycles. The second-order valence-electron chi connectivity index (χ2n) is 3.92. The third-order valence-corrected chi connectivity index (χ3v) is 2.51. The zero-order valence-corrected chi connectivity index (χ0v) is 10.5. The lowest BCUT2D eigenvalue weighted by atomic mass is 10.2. The van der Waals surface area contributed by atoms with Gasteiger partial charge in [-0.05, 0) is 26.9 Å². The average Bonchev–Trinajstić information content (AvgIpc) is 2.22. The number of carbonyl (C=O) groups is 1. The minimum Gasteiger partial charge on any atom is -0.352 e. The van der Waals surface area contributed by atoms with E-state index in [1.165, 1.54) is 0 Å². The Kier molecular flexibility index (Phi) is 8.33. The van der Waals surface area contributed by atoms with E-state index in [1.54, 1.807) is 0 Å². The van der Waals surface area contributed by atoms with Crippen LogP contribution in [0.1, 0.15) is 26.7 Å². The van der Waals surface area contributed by atoms with Crippen molar-refractivity contribution >= 4 is 5.91 Å². The number of hydrogen-bond donors (Lipinski definition) is 2. The Morgan fingerprint density at radius 3 is 2.40 bits per heavy atom. The molecule has 0 saturated carbocycles. The van der Waals surface area contributed by atoms with Gasteiger partial charge in [-0.2, -0.15) is 0 Å². The van der Waals surface area contributed by atoms with Crippen LogP contribution in [-0.4, -0.2) is 50.6 Å². The van der Waals surface area contributed by atoms with Gasteiger partial charge in [-0.1, -0.05) is 13.8 Å². The highest BCUT2D eigenvalue weighted by atomic mass is 16.2. The van der Waals surface area contributed by atoms with Crippen molar-refractivity contribution in [2.24, 2.45) is 0 Å². The molecule has 0 atom stereocenters. The summed E-state index contributed by atoms with van der Waals surface area (Å²) in [6.45, 7) is 6.48. The highest BCUT2D eigenvalue weighted by molar-refractivity contribution is 5.78. The van der Waals surface area contributed by atoms with Crippen molar-refractivity contribution in [3.05, 3.63) is 0 Å². The largest absolute Gasteiger partial charge is 0.352 e. The molecule has 0 aliphatic rings. The number of likely N-dealkylation sites (N-methyl/N-ethyl adjacent to an activating group) is 2. The lowest BCUT2D eigenvalue weighted by Crippen LogP contribution is -2.41. The van der Waals surface area contributed by atoms with Crippen LogP contribution in [0.4, 0.5) is 0 Å². The van der Waals surface area contributed by atoms with E-state index in [9.17, 15) is 4.79 Å². The molecule has 0 radical (unpaired) electrons. The Morgan fingerprint density at radius 2 is 1.93 bits per heavy atom. The zero-order chi connectivity index (χ0) is 11.7. The third-order valence-electron chi connectivity index (χ3n) is 2.51. The second kappa shape index (κ2) is 8.68. The number of nitrogens with zero attached hydrogens (tertiary/aromatic N) is 1. The van der Waals surface area contributed by atoms with Gasteiger partial charge in [0.1, 0.15) is 0 Å². The number of hydrogen-bond acceptors (Lipinski definition) is 3. The van der Waals surface area contributed by atoms with Gasteiger partial charge < -0.3 is 10.6 Å². The Hall–Kier alpha value is -0.610. The number of carbonyl (C=O) groups excluding carboxylic acids is 1. The van der Waals surface area contributed by atoms with Gasteiger partial charge in [0.2, 0.25) is 5.91 Å². The summed E-state index contributed by atoms with van der Waals surface area (Å²) in [6.07, 6.45) is 2.00. The van der Waals surface area contributed by atoms with E-state index in [2.05, 4.69) is 24.5 Å². The van der Waals surface area contributed by atoms with E-state index in [4.69, 9.17) is 0 Å². The first-order chi connectivity index (χ1) is 7.13. The molecule has 4 nitrogen and oxygen atoms in total. The van der Waals surface area contributed by atoms with Crippen molar-refractivity contribution in [2.75, 3.05) is 33.7 Å². The molecule has 0 spiro atoms. The molecule has 0 heterocycles. The molecule has 2 N–H and O–H groups in total. The van der Waals surface area contributed by atoms with Crippen molar-refractivity contribution in [2.45, 2.75) is 32.7 Å². The molecule has 0 bridgehead atoms. The van der Waals surface area contributed by atoms with E-state index in [0.29, 0.717) is 12.6 Å². The molecule has 4 heteroatoms. The summed E-state index contributed by atoms with van der Waals surface area (Å²) in [5.74, 6) is 0.127. The molecule has 90 valence electrons. The van der Waals surface area contributed by atoms with Gasteiger partial charge in [0.25, 0.3) is 0 Å². The van der Waals surface area contributed by atoms with Crippen LogP contribution in [0.2, 0.25) is 0 Å². The van der Waals surface area contributed by atoms with Crippen molar-refractivity contribution in [1.82, 2.24) is 15.5 Å². The highest BCUT2D eigenvalue weighted by Gasteiger charge is 2.09. The molecular formula is C11H25N3O. The van der Waals surface area contributed by atoms with Crippen molar-refractivity contribution in [3.63, 3.8) is 0 Å². The van der Waals surface area contributed by atoms with Crippen LogP contribution in [0, 0.1) is 0 Å². The molecule has 0 fully saturated rings. The first-order valence-electron chi connectivity index (χ1n) is 5.76. The lowest BCUT2D eigenvalue weighted by Gasteiger charge is -2.19. The Morgan fingerprint density at radius 1 is 1.33 bits per heavy atom. The van der Waals surface area contributed by atoms with Crippen LogP contribution < -0.4 is 10.6 Å². The maximum Gasteiger partial charge on any atom is 0.234 e. The van der Waals surface area contributed by atoms with E-state index < -0.39 is 0 Å². The summed E-state index contributed by atoms with van der Waals surface area (Å²) in [5, 5.41) is 6.08. The smallest absolute Gasteiger partial charge is 0.234 e. The summed E-state index contributed by atoms with van der Waals surface area (Å²) in [5.41, 5.74) is 0. The quantitative estimate of drug-likeness (QED) is 0.617. The molecule has 1 amide bonds. The van der Waals surface area contributed by atoms with Crippen LogP contribution in [0.25, 0.3) is 0 Å². The Bertz CT molecular complexity index is 169. The van der Waals surface area contributed by atoms with Crippen molar-refractivity contribution in [1.29, 1.82) is 0 Å². The topological polar surface area (TPSA) is 44.4 Å². The van der Waals surface area contributed by atoms with E-state index in [0.717, 1.165) is 25.9 Å². The van der Waals surface area contributed by atoms with E-state index in [-0.39, 0.29) is 5.91 Å². The molecule has 0 saturated heterocycles. The molecule has 0 aromatic rings. The predicted molar refractivity (Wildman–Crippen MR) is 63.9 cm³/mol. The van der Waals surface area contributed by atoms with Crippen molar-refractivity contribution in [3.8, 4) is 0 Å². The molecule has 0 aromatic heterocycles. The van der Waals surface area contributed by atoms with Gasteiger partial charge in [-0.3, -0.25) is 9.69 Å². The first-order valence-corrected chi connectivity index (χ1v) is 5.76. The number of nitrogens with one attached hydrogen (secondary N) is 2. The summed E-state index contributed by atoms with van der Waals surface area (Å²) in [7, 11) is 3.88. The molecule has 0 aliphatic heterocycles. The van der Waals surface area contributed by atoms with Crippen LogP contribution in [0.3, 0.4) is 0 Å². The minimum absolute atomic E-state index is 0.127. The monoisotopic (exact) mass is 215 g/mol. The fourth-order valence-electron chi connectivity index (χ4n) is 1.39. The van der Waals surface area contributed by atoms with Crippen LogP contribution in [0.5, 0.6) is 0 Å². The van der Waals surface area contributed by atoms with Crippen molar-refractivity contribution < 1.29 is 4.79 Å². The van der Waals surface area contributed by atoms with E-state index >= 15 is 0 Å². The fraction of sp³-hybridized carbons (Fsp3) is 0.909. The predicted octanol–water partition coefficient (Wildman–Crippen LogP) is 0.442. The number of rotatable bonds is 8. The van der Waals surface area contributed by atoms with E-state index in [1.807, 2.05) is 19.0 Å². The minimum atomic E-state index is 0.127. The summed E-state index contributed by atoms with van der Waals surface area (Å²) in [4.78, 5) is 13.6. The summed E-state index contributed by atoms with van der Waals surface area (Å²) in [6, 6.07) is 0.329. The summed E-state index contributed by atoms with van der Waals surface area (Å²) < 4.78 is 0. The Labute approximate surface area is 93.4 Å². The maximum atomic E-state index is 11.6. The van der Waals surface area contributed by atoms with Gasteiger partial charge in [0.05, 0.1) is 6.54 Å². The van der Waals surface area contributed by atoms with Gasteiger partial charge in [0, 0.05) is 19.1 Å². The van der Waals surface area contributed by atoms with Crippen LogP contribution >= 0.6 is 0 Å². The fourth-order valence-corrected chi connectivity index (χ4v) is 1.39. The molecular weight excluding hydrogens is 190 g/mol. The highest BCUT2D eigenvalue weighted by Crippen LogP contribution is 1.95. The zero-order valence-electron chi connectivity index (χ0n) is 10.5. The average molecular weight is 215 g/mol. The van der Waals surface area contributed by atoms with Crippen LogP contribution in [0.15, 0.2) is 0 Å². The molecule has 0 aliphatic carbocycles. The molecule has 0 rings (SSSR count). The molecule has 0 unspecified atom stereocenters. The summed E-state index contributed by atoms with van der Waals surface area (Å²) >= 11 is 0. The first kappa shape index (κ1) is 14.4. The van der Waals surface area contributed by atoms with Gasteiger partial charge in [-0.25, -0.2) is 0 Å². The second-order valence-corrected chi connectivity index (χ2v) is 3.92. The lowest BCUT2D eigenvalue weighted by molar-refractivity contribution is -0.122. The van der Waals surface area contributed by atoms with Gasteiger partial charge in [-0.15, -0.1) is 0 Å². The molecule has 15 heavy (non-hydrogen) atoms. The normalized spacial score (nSPS) is 11.1. The third kappa shape index (κ3) is 7.33. The standard InChI is InChI=1S/C11H25N3O/c1-5-10(6-2)13-11(15)9-14(4)8-7-12-3/h10,12H,5-9H2,1-4H3,(H,13,15). The maximum absolute atomic E-state index is 11.6. The SMILES string of the molecule is CCC(CC)NC(=O)CN(C)CCNC. The Balaban J connectivity index is 3.71. The number of amides is 1. The van der Waals surface area contributed by atoms with Gasteiger partial charge >= 0.3 is 0 Å².